The lowest BCUT2D eigenvalue weighted by molar-refractivity contribution is 0.601. The summed E-state index contributed by atoms with van der Waals surface area (Å²) in [5.41, 5.74) is 1.61. The summed E-state index contributed by atoms with van der Waals surface area (Å²) in [6.07, 6.45) is 0.543. The highest BCUT2D eigenvalue weighted by Crippen LogP contribution is 2.27. The molecular formula is C13H10ClNO2S2. The van der Waals surface area contributed by atoms with E-state index in [1.165, 1.54) is 11.3 Å². The summed E-state index contributed by atoms with van der Waals surface area (Å²) < 4.78 is 24.2. The molecule has 0 radical (unpaired) electrons. The van der Waals surface area contributed by atoms with Gasteiger partial charge in [0.15, 0.2) is 9.84 Å². The Hall–Kier alpha value is -1.17. The summed E-state index contributed by atoms with van der Waals surface area (Å²) in [6.45, 7) is 0. The van der Waals surface area contributed by atoms with E-state index in [9.17, 15) is 8.42 Å². The van der Waals surface area contributed by atoms with Crippen molar-refractivity contribution in [2.75, 3.05) is 5.75 Å². The van der Waals surface area contributed by atoms with Gasteiger partial charge >= 0.3 is 0 Å². The predicted octanol–water partition coefficient (Wildman–Crippen LogP) is 2.96. The fraction of sp³-hybridized carbons (Fsp3) is 0.154. The Balaban J connectivity index is 2.18. The van der Waals surface area contributed by atoms with Crippen LogP contribution in [0.2, 0.25) is 5.02 Å². The molecule has 1 aromatic heterocycles. The van der Waals surface area contributed by atoms with E-state index in [1.54, 1.807) is 17.5 Å². The van der Waals surface area contributed by atoms with Crippen LogP contribution >= 0.6 is 22.9 Å². The van der Waals surface area contributed by atoms with Gasteiger partial charge in [-0.3, -0.25) is 0 Å². The Morgan fingerprint density at radius 2 is 1.89 bits per heavy atom. The van der Waals surface area contributed by atoms with Crippen LogP contribution in [0, 0.1) is 0 Å². The smallest absolute Gasteiger partial charge is 0.188 e. The molecule has 0 saturated heterocycles. The minimum absolute atomic E-state index is 0.186. The largest absolute Gasteiger partial charge is 0.249 e. The van der Waals surface area contributed by atoms with E-state index >= 15 is 0 Å². The lowest BCUT2D eigenvalue weighted by Gasteiger charge is -1.98. The minimum atomic E-state index is -3.09. The Labute approximate surface area is 120 Å². The van der Waals surface area contributed by atoms with Crippen LogP contribution in [0.4, 0.5) is 5.69 Å². The predicted molar refractivity (Wildman–Crippen MR) is 76.8 cm³/mol. The third-order valence-electron chi connectivity index (χ3n) is 2.94. The third kappa shape index (κ3) is 2.45. The molecule has 0 saturated carbocycles. The molecule has 1 aromatic carbocycles. The molecule has 0 unspecified atom stereocenters. The van der Waals surface area contributed by atoms with Gasteiger partial charge in [-0.15, -0.1) is 11.3 Å². The molecule has 0 spiro atoms. The molecule has 0 N–H and O–H groups in total. The Morgan fingerprint density at radius 1 is 1.16 bits per heavy atom. The van der Waals surface area contributed by atoms with E-state index in [0.717, 1.165) is 16.6 Å². The van der Waals surface area contributed by atoms with Crippen LogP contribution in [0.25, 0.3) is 0 Å². The molecule has 19 heavy (non-hydrogen) atoms. The molecule has 0 amide bonds. The SMILES string of the molecule is O=S1(=O)CCc2c1sccc2=Nc1ccc(Cl)cc1. The van der Waals surface area contributed by atoms with Gasteiger partial charge in [-0.1, -0.05) is 11.6 Å². The van der Waals surface area contributed by atoms with Crippen LogP contribution in [-0.2, 0) is 16.3 Å². The Bertz CT molecular complexity index is 792. The fourth-order valence-corrected chi connectivity index (χ4v) is 5.06. The van der Waals surface area contributed by atoms with Crippen LogP contribution in [0.1, 0.15) is 5.56 Å². The first-order valence-corrected chi connectivity index (χ1v) is 8.61. The lowest BCUT2D eigenvalue weighted by Crippen LogP contribution is -2.07. The van der Waals surface area contributed by atoms with Crippen molar-refractivity contribution in [3.63, 3.8) is 0 Å². The first kappa shape index (κ1) is 12.8. The minimum Gasteiger partial charge on any atom is -0.249 e. The maximum Gasteiger partial charge on any atom is 0.188 e. The zero-order valence-corrected chi connectivity index (χ0v) is 12.2. The van der Waals surface area contributed by atoms with Gasteiger partial charge in [0.05, 0.1) is 16.8 Å². The summed E-state index contributed by atoms with van der Waals surface area (Å²) in [5, 5.41) is 3.16. The number of hydrogen-bond acceptors (Lipinski definition) is 4. The molecule has 2 aromatic rings. The van der Waals surface area contributed by atoms with Gasteiger partial charge in [-0.25, -0.2) is 13.4 Å². The highest BCUT2D eigenvalue weighted by atomic mass is 35.5. The summed E-state index contributed by atoms with van der Waals surface area (Å²) in [4.78, 5) is 4.50. The Morgan fingerprint density at radius 3 is 2.63 bits per heavy atom. The second kappa shape index (κ2) is 4.74. The molecular weight excluding hydrogens is 302 g/mol. The topological polar surface area (TPSA) is 46.5 Å². The number of benzene rings is 1. The van der Waals surface area contributed by atoms with Gasteiger partial charge in [0.2, 0.25) is 0 Å². The molecule has 3 nitrogen and oxygen atoms in total. The van der Waals surface area contributed by atoms with E-state index in [-0.39, 0.29) is 5.75 Å². The Kier molecular flexibility index (Phi) is 3.20. The molecule has 0 bridgehead atoms. The van der Waals surface area contributed by atoms with Crippen molar-refractivity contribution in [1.82, 2.24) is 0 Å². The summed E-state index contributed by atoms with van der Waals surface area (Å²) in [5.74, 6) is 0.186. The zero-order valence-electron chi connectivity index (χ0n) is 9.84. The fourth-order valence-electron chi connectivity index (χ4n) is 2.02. The van der Waals surface area contributed by atoms with E-state index in [2.05, 4.69) is 4.99 Å². The van der Waals surface area contributed by atoms with Gasteiger partial charge in [0.25, 0.3) is 0 Å². The van der Waals surface area contributed by atoms with Crippen molar-refractivity contribution in [3.8, 4) is 0 Å². The molecule has 98 valence electrons. The molecule has 0 fully saturated rings. The van der Waals surface area contributed by atoms with Gasteiger partial charge < -0.3 is 0 Å². The van der Waals surface area contributed by atoms with Crippen molar-refractivity contribution in [2.45, 2.75) is 10.6 Å². The van der Waals surface area contributed by atoms with Gasteiger partial charge in [-0.2, -0.15) is 0 Å². The first-order chi connectivity index (χ1) is 9.06. The molecule has 6 heteroatoms. The normalized spacial score (nSPS) is 17.4. The second-order valence-electron chi connectivity index (χ2n) is 4.23. The zero-order chi connectivity index (χ0) is 13.5. The highest BCUT2D eigenvalue weighted by Gasteiger charge is 2.27. The lowest BCUT2D eigenvalue weighted by atomic mass is 10.2. The summed E-state index contributed by atoms with van der Waals surface area (Å²) in [6, 6.07) is 9.02. The average Bonchev–Trinajstić information content (AvgIpc) is 2.70. The quantitative estimate of drug-likeness (QED) is 0.813. The van der Waals surface area contributed by atoms with E-state index < -0.39 is 9.84 Å². The number of sulfone groups is 1. The maximum atomic E-state index is 11.9. The van der Waals surface area contributed by atoms with Crippen LogP contribution in [0.5, 0.6) is 0 Å². The monoisotopic (exact) mass is 311 g/mol. The van der Waals surface area contributed by atoms with Crippen molar-refractivity contribution in [3.05, 3.63) is 51.7 Å². The van der Waals surface area contributed by atoms with Crippen molar-refractivity contribution >= 4 is 38.5 Å². The summed E-state index contributed by atoms with van der Waals surface area (Å²) in [7, 11) is -3.09. The molecule has 1 aliphatic heterocycles. The standard InChI is InChI=1S/C13H10ClNO2S2/c14-9-1-3-10(4-2-9)15-12-5-7-18-13-11(12)6-8-19(13,16)17/h1-5,7H,6,8H2. The second-order valence-corrected chi connectivity index (χ2v) is 7.89. The summed E-state index contributed by atoms with van der Waals surface area (Å²) >= 11 is 7.09. The van der Waals surface area contributed by atoms with Crippen LogP contribution in [0.15, 0.2) is 44.9 Å². The van der Waals surface area contributed by atoms with Gasteiger partial charge in [0, 0.05) is 10.6 Å². The molecule has 1 aliphatic rings. The molecule has 0 aliphatic carbocycles. The van der Waals surface area contributed by atoms with Crippen LogP contribution < -0.4 is 5.36 Å². The number of rotatable bonds is 1. The molecule has 3 rings (SSSR count). The van der Waals surface area contributed by atoms with Crippen molar-refractivity contribution in [2.24, 2.45) is 4.99 Å². The van der Waals surface area contributed by atoms with E-state index in [1.807, 2.05) is 18.2 Å². The van der Waals surface area contributed by atoms with Crippen molar-refractivity contribution in [1.29, 1.82) is 0 Å². The number of fused-ring (bicyclic) bond motifs is 1. The molecule has 0 atom stereocenters. The first-order valence-electron chi connectivity index (χ1n) is 5.70. The third-order valence-corrected chi connectivity index (χ3v) is 6.52. The van der Waals surface area contributed by atoms with Gasteiger partial charge in [-0.05, 0) is 42.1 Å². The number of hydrogen-bond donors (Lipinski definition) is 0. The van der Waals surface area contributed by atoms with Crippen LogP contribution in [-0.4, -0.2) is 14.2 Å². The average molecular weight is 312 g/mol. The van der Waals surface area contributed by atoms with Gasteiger partial charge in [0.1, 0.15) is 4.21 Å². The number of nitrogens with zero attached hydrogens (tertiary/aromatic N) is 1. The number of halogens is 1. The highest BCUT2D eigenvalue weighted by molar-refractivity contribution is 7.93. The van der Waals surface area contributed by atoms with Crippen molar-refractivity contribution < 1.29 is 8.42 Å². The van der Waals surface area contributed by atoms with E-state index in [4.69, 9.17) is 11.6 Å². The molecule has 2 heterocycles. The van der Waals surface area contributed by atoms with Crippen LogP contribution in [0.3, 0.4) is 0 Å². The maximum absolute atomic E-state index is 11.9. The van der Waals surface area contributed by atoms with E-state index in [0.29, 0.717) is 15.7 Å².